The minimum absolute atomic E-state index is 0.274. The van der Waals surface area contributed by atoms with E-state index in [1.807, 2.05) is 12.1 Å². The molecule has 0 aliphatic rings. The molecule has 2 rings (SSSR count). The van der Waals surface area contributed by atoms with E-state index in [4.69, 9.17) is 10.5 Å². The third-order valence-corrected chi connectivity index (χ3v) is 2.99. The topological polar surface area (TPSA) is 52.3 Å². The molecule has 2 N–H and O–H groups in total. The van der Waals surface area contributed by atoms with Gasteiger partial charge in [-0.05, 0) is 30.4 Å². The van der Waals surface area contributed by atoms with Gasteiger partial charge in [-0.1, -0.05) is 30.3 Å². The fourth-order valence-electron chi connectivity index (χ4n) is 2.07. The van der Waals surface area contributed by atoms with Gasteiger partial charge in [0, 0.05) is 5.39 Å². The van der Waals surface area contributed by atoms with Gasteiger partial charge in [0.15, 0.2) is 0 Å². The highest BCUT2D eigenvalue weighted by Gasteiger charge is 2.16. The molecule has 0 unspecified atom stereocenters. The summed E-state index contributed by atoms with van der Waals surface area (Å²) in [5.41, 5.74) is 6.64. The molecule has 19 heavy (non-hydrogen) atoms. The highest BCUT2D eigenvalue weighted by atomic mass is 19.1. The fourth-order valence-corrected chi connectivity index (χ4v) is 2.07. The van der Waals surface area contributed by atoms with Crippen LogP contribution < -0.4 is 5.73 Å². The van der Waals surface area contributed by atoms with Crippen molar-refractivity contribution >= 4 is 16.7 Å². The van der Waals surface area contributed by atoms with E-state index in [2.05, 4.69) is 0 Å². The van der Waals surface area contributed by atoms with Gasteiger partial charge in [0.05, 0.1) is 6.61 Å². The number of halogens is 1. The van der Waals surface area contributed by atoms with Crippen molar-refractivity contribution < 1.29 is 13.9 Å². The standard InChI is InChI=1S/C15H16FNO2/c1-2-19-15(18)14(17)9-10-7-8-13(16)12-6-4-3-5-11(10)12/h3-8,14H,2,9,17H2,1H3/t14-/m1/s1. The molecule has 2 aromatic carbocycles. The van der Waals surface area contributed by atoms with Gasteiger partial charge in [-0.3, -0.25) is 4.79 Å². The molecule has 0 radical (unpaired) electrons. The number of benzene rings is 2. The normalized spacial score (nSPS) is 12.4. The number of esters is 1. The van der Waals surface area contributed by atoms with Crippen LogP contribution in [0, 0.1) is 5.82 Å². The van der Waals surface area contributed by atoms with E-state index in [-0.39, 0.29) is 5.82 Å². The Bertz CT molecular complexity index is 598. The van der Waals surface area contributed by atoms with E-state index in [0.29, 0.717) is 18.4 Å². The van der Waals surface area contributed by atoms with Gasteiger partial charge < -0.3 is 10.5 Å². The number of rotatable bonds is 4. The second-order valence-corrected chi connectivity index (χ2v) is 4.31. The molecule has 0 saturated carbocycles. The van der Waals surface area contributed by atoms with Crippen molar-refractivity contribution in [1.29, 1.82) is 0 Å². The van der Waals surface area contributed by atoms with Crippen LogP contribution in [0.15, 0.2) is 36.4 Å². The lowest BCUT2D eigenvalue weighted by Gasteiger charge is -2.12. The smallest absolute Gasteiger partial charge is 0.323 e. The molecular weight excluding hydrogens is 245 g/mol. The van der Waals surface area contributed by atoms with Crippen LogP contribution in [-0.4, -0.2) is 18.6 Å². The average molecular weight is 261 g/mol. The molecule has 4 heteroatoms. The monoisotopic (exact) mass is 261 g/mol. The molecule has 0 heterocycles. The maximum atomic E-state index is 13.7. The first kappa shape index (κ1) is 13.5. The van der Waals surface area contributed by atoms with Crippen LogP contribution in [0.3, 0.4) is 0 Å². The largest absolute Gasteiger partial charge is 0.465 e. The number of carbonyl (C=O) groups is 1. The molecule has 0 amide bonds. The number of hydrogen-bond donors (Lipinski definition) is 1. The Morgan fingerprint density at radius 1 is 1.26 bits per heavy atom. The van der Waals surface area contributed by atoms with Crippen LogP contribution in [0.5, 0.6) is 0 Å². The molecule has 1 atom stereocenters. The molecule has 100 valence electrons. The Labute approximate surface area is 111 Å². The SMILES string of the molecule is CCOC(=O)[C@H](N)Cc1ccc(F)c2ccccc12. The summed E-state index contributed by atoms with van der Waals surface area (Å²) in [6.07, 6.45) is 0.333. The maximum absolute atomic E-state index is 13.7. The summed E-state index contributed by atoms with van der Waals surface area (Å²) >= 11 is 0. The molecule has 3 nitrogen and oxygen atoms in total. The summed E-state index contributed by atoms with van der Waals surface area (Å²) in [6.45, 7) is 2.04. The van der Waals surface area contributed by atoms with Crippen LogP contribution in [0.2, 0.25) is 0 Å². The molecule has 0 aromatic heterocycles. The third kappa shape index (κ3) is 2.90. The minimum Gasteiger partial charge on any atom is -0.465 e. The summed E-state index contributed by atoms with van der Waals surface area (Å²) in [5.74, 6) is -0.708. The summed E-state index contributed by atoms with van der Waals surface area (Å²) in [7, 11) is 0. The maximum Gasteiger partial charge on any atom is 0.323 e. The Morgan fingerprint density at radius 2 is 1.95 bits per heavy atom. The third-order valence-electron chi connectivity index (χ3n) is 2.99. The first-order valence-corrected chi connectivity index (χ1v) is 6.21. The van der Waals surface area contributed by atoms with Crippen molar-refractivity contribution in [3.63, 3.8) is 0 Å². The van der Waals surface area contributed by atoms with Crippen LogP contribution in [0.4, 0.5) is 4.39 Å². The Kier molecular flexibility index (Phi) is 4.12. The summed E-state index contributed by atoms with van der Waals surface area (Å²) < 4.78 is 18.5. The minimum atomic E-state index is -0.728. The van der Waals surface area contributed by atoms with Crippen LogP contribution in [0.1, 0.15) is 12.5 Å². The Morgan fingerprint density at radius 3 is 2.63 bits per heavy atom. The summed E-state index contributed by atoms with van der Waals surface area (Å²) in [6, 6.07) is 9.48. The van der Waals surface area contributed by atoms with E-state index in [0.717, 1.165) is 10.9 Å². The highest BCUT2D eigenvalue weighted by Crippen LogP contribution is 2.22. The molecule has 2 aromatic rings. The van der Waals surface area contributed by atoms with Gasteiger partial charge in [0.2, 0.25) is 0 Å². The number of hydrogen-bond acceptors (Lipinski definition) is 3. The lowest BCUT2D eigenvalue weighted by Crippen LogP contribution is -2.34. The van der Waals surface area contributed by atoms with Crippen molar-refractivity contribution in [3.8, 4) is 0 Å². The van der Waals surface area contributed by atoms with E-state index in [9.17, 15) is 9.18 Å². The van der Waals surface area contributed by atoms with Gasteiger partial charge in [0.1, 0.15) is 11.9 Å². The fraction of sp³-hybridized carbons (Fsp3) is 0.267. The van der Waals surface area contributed by atoms with Crippen LogP contribution >= 0.6 is 0 Å². The van der Waals surface area contributed by atoms with E-state index in [1.54, 1.807) is 25.1 Å². The molecule has 0 saturated heterocycles. The molecule has 0 aliphatic carbocycles. The number of carbonyl (C=O) groups excluding carboxylic acids is 1. The quantitative estimate of drug-likeness (QED) is 0.860. The van der Waals surface area contributed by atoms with Crippen LogP contribution in [0.25, 0.3) is 10.8 Å². The van der Waals surface area contributed by atoms with E-state index in [1.165, 1.54) is 6.07 Å². The van der Waals surface area contributed by atoms with E-state index >= 15 is 0 Å². The van der Waals surface area contributed by atoms with Crippen molar-refractivity contribution in [1.82, 2.24) is 0 Å². The lowest BCUT2D eigenvalue weighted by molar-refractivity contribution is -0.144. The Hall–Kier alpha value is -1.94. The zero-order chi connectivity index (χ0) is 13.8. The van der Waals surface area contributed by atoms with E-state index < -0.39 is 12.0 Å². The van der Waals surface area contributed by atoms with Crippen molar-refractivity contribution in [2.75, 3.05) is 6.61 Å². The predicted molar refractivity (Wildman–Crippen MR) is 72.2 cm³/mol. The van der Waals surface area contributed by atoms with Crippen LogP contribution in [-0.2, 0) is 16.0 Å². The van der Waals surface area contributed by atoms with Gasteiger partial charge >= 0.3 is 5.97 Å². The first-order chi connectivity index (χ1) is 9.13. The highest BCUT2D eigenvalue weighted by molar-refractivity contribution is 5.87. The average Bonchev–Trinajstić information content (AvgIpc) is 2.42. The van der Waals surface area contributed by atoms with Gasteiger partial charge in [-0.25, -0.2) is 4.39 Å². The molecule has 0 bridgehead atoms. The molecular formula is C15H16FNO2. The second kappa shape index (κ2) is 5.80. The van der Waals surface area contributed by atoms with Gasteiger partial charge in [-0.2, -0.15) is 0 Å². The zero-order valence-electron chi connectivity index (χ0n) is 10.7. The summed E-state index contributed by atoms with van der Waals surface area (Å²) in [5, 5.41) is 1.32. The zero-order valence-corrected chi connectivity index (χ0v) is 10.7. The summed E-state index contributed by atoms with van der Waals surface area (Å²) in [4.78, 5) is 11.5. The van der Waals surface area contributed by atoms with Gasteiger partial charge in [-0.15, -0.1) is 0 Å². The lowest BCUT2D eigenvalue weighted by atomic mass is 9.99. The Balaban J connectivity index is 2.31. The second-order valence-electron chi connectivity index (χ2n) is 4.31. The molecule has 0 fully saturated rings. The van der Waals surface area contributed by atoms with Crippen molar-refractivity contribution in [2.24, 2.45) is 5.73 Å². The molecule has 0 aliphatic heterocycles. The van der Waals surface area contributed by atoms with Crippen molar-refractivity contribution in [2.45, 2.75) is 19.4 Å². The van der Waals surface area contributed by atoms with Gasteiger partial charge in [0.25, 0.3) is 0 Å². The van der Waals surface area contributed by atoms with Crippen molar-refractivity contribution in [3.05, 3.63) is 47.8 Å². The number of nitrogens with two attached hydrogens (primary N) is 1. The number of ether oxygens (including phenoxy) is 1. The predicted octanol–water partition coefficient (Wildman–Crippen LogP) is 2.41. The molecule has 0 spiro atoms. The number of fused-ring (bicyclic) bond motifs is 1. The first-order valence-electron chi connectivity index (χ1n) is 6.21.